The van der Waals surface area contributed by atoms with E-state index < -0.39 is 5.41 Å². The van der Waals surface area contributed by atoms with Crippen molar-refractivity contribution >= 4 is 5.97 Å². The average molecular weight is 236 g/mol. The van der Waals surface area contributed by atoms with Crippen molar-refractivity contribution in [1.29, 1.82) is 0 Å². The number of hydrogen-bond donors (Lipinski definition) is 0. The zero-order valence-corrected chi connectivity index (χ0v) is 11.7. The van der Waals surface area contributed by atoms with Crippen LogP contribution in [0.25, 0.3) is 0 Å². The molecular formula is C15H24O2. The van der Waals surface area contributed by atoms with Crippen molar-refractivity contribution in [2.45, 2.75) is 47.5 Å². The van der Waals surface area contributed by atoms with Gasteiger partial charge in [-0.05, 0) is 56.4 Å². The van der Waals surface area contributed by atoms with Gasteiger partial charge < -0.3 is 4.74 Å². The summed E-state index contributed by atoms with van der Waals surface area (Å²) in [7, 11) is 0. The van der Waals surface area contributed by atoms with Gasteiger partial charge in [0.05, 0.1) is 5.41 Å². The van der Waals surface area contributed by atoms with Gasteiger partial charge in [-0.25, -0.2) is 0 Å². The number of fused-ring (bicyclic) bond motifs is 1. The van der Waals surface area contributed by atoms with Gasteiger partial charge in [0.15, 0.2) is 0 Å². The lowest BCUT2D eigenvalue weighted by Gasteiger charge is -2.56. The Labute approximate surface area is 104 Å². The predicted molar refractivity (Wildman–Crippen MR) is 68.5 cm³/mol. The molecule has 0 unspecified atom stereocenters. The first-order valence-corrected chi connectivity index (χ1v) is 6.59. The molecule has 3 aliphatic carbocycles. The van der Waals surface area contributed by atoms with Crippen LogP contribution in [0.3, 0.4) is 0 Å². The van der Waals surface area contributed by atoms with Crippen LogP contribution < -0.4 is 0 Å². The second-order valence-corrected chi connectivity index (χ2v) is 7.15. The third-order valence-electron chi connectivity index (χ3n) is 4.56. The molecule has 2 bridgehead atoms. The molecule has 0 heterocycles. The van der Waals surface area contributed by atoms with Gasteiger partial charge in [0, 0.05) is 0 Å². The van der Waals surface area contributed by atoms with Crippen molar-refractivity contribution in [2.75, 3.05) is 6.61 Å². The van der Waals surface area contributed by atoms with Crippen LogP contribution in [-0.4, -0.2) is 12.6 Å². The van der Waals surface area contributed by atoms with Gasteiger partial charge in [-0.2, -0.15) is 0 Å². The van der Waals surface area contributed by atoms with Crippen molar-refractivity contribution < 1.29 is 9.53 Å². The molecule has 0 aliphatic heterocycles. The van der Waals surface area contributed by atoms with Crippen LogP contribution in [0.1, 0.15) is 47.5 Å². The Balaban J connectivity index is 1.93. The highest BCUT2D eigenvalue weighted by atomic mass is 16.5. The lowest BCUT2D eigenvalue weighted by atomic mass is 9.49. The van der Waals surface area contributed by atoms with Gasteiger partial charge in [-0.3, -0.25) is 4.79 Å². The van der Waals surface area contributed by atoms with E-state index in [0.717, 1.165) is 12.3 Å². The van der Waals surface area contributed by atoms with Crippen LogP contribution in [0.4, 0.5) is 0 Å². The molecule has 3 aliphatic rings. The molecule has 0 aromatic heterocycles. The molecule has 0 aromatic rings. The smallest absolute Gasteiger partial charge is 0.311 e. The van der Waals surface area contributed by atoms with Gasteiger partial charge >= 0.3 is 5.97 Å². The Bertz CT molecular complexity index is 358. The molecule has 0 amide bonds. The van der Waals surface area contributed by atoms with Crippen molar-refractivity contribution in [2.24, 2.45) is 22.7 Å². The lowest BCUT2D eigenvalue weighted by molar-refractivity contribution is -0.152. The summed E-state index contributed by atoms with van der Waals surface area (Å²) in [6.45, 7) is 10.9. The van der Waals surface area contributed by atoms with E-state index in [1.807, 2.05) is 20.8 Å². The van der Waals surface area contributed by atoms with E-state index in [4.69, 9.17) is 4.74 Å². The molecule has 96 valence electrons. The molecule has 0 saturated heterocycles. The SMILES string of the molecule is CC(C)(C)C(=O)OCC1=CC[C@@H]2C[C@H]1C2(C)C. The van der Waals surface area contributed by atoms with Gasteiger partial charge in [0.1, 0.15) is 6.61 Å². The van der Waals surface area contributed by atoms with E-state index in [9.17, 15) is 4.79 Å². The molecule has 1 fully saturated rings. The number of ether oxygens (including phenoxy) is 1. The Hall–Kier alpha value is -0.790. The highest BCUT2D eigenvalue weighted by molar-refractivity contribution is 5.75. The van der Waals surface area contributed by atoms with Gasteiger partial charge in [-0.15, -0.1) is 0 Å². The van der Waals surface area contributed by atoms with Crippen molar-refractivity contribution in [3.63, 3.8) is 0 Å². The van der Waals surface area contributed by atoms with Crippen LogP contribution in [0, 0.1) is 22.7 Å². The summed E-state index contributed by atoms with van der Waals surface area (Å²) in [6, 6.07) is 0. The molecule has 0 N–H and O–H groups in total. The molecule has 0 radical (unpaired) electrons. The van der Waals surface area contributed by atoms with E-state index in [1.54, 1.807) is 0 Å². The van der Waals surface area contributed by atoms with Crippen molar-refractivity contribution in [1.82, 2.24) is 0 Å². The largest absolute Gasteiger partial charge is 0.461 e. The summed E-state index contributed by atoms with van der Waals surface area (Å²) < 4.78 is 5.43. The quantitative estimate of drug-likeness (QED) is 0.541. The maximum absolute atomic E-state index is 11.7. The van der Waals surface area contributed by atoms with E-state index in [2.05, 4.69) is 19.9 Å². The summed E-state index contributed by atoms with van der Waals surface area (Å²) in [5.74, 6) is 1.38. The van der Waals surface area contributed by atoms with Crippen LogP contribution in [0.5, 0.6) is 0 Å². The minimum atomic E-state index is -0.396. The molecule has 2 atom stereocenters. The maximum Gasteiger partial charge on any atom is 0.311 e. The van der Waals surface area contributed by atoms with Crippen LogP contribution in [0.2, 0.25) is 0 Å². The Morgan fingerprint density at radius 2 is 2.12 bits per heavy atom. The van der Waals surface area contributed by atoms with E-state index in [0.29, 0.717) is 17.9 Å². The van der Waals surface area contributed by atoms with Crippen LogP contribution in [0.15, 0.2) is 11.6 Å². The number of allylic oxidation sites excluding steroid dienone is 1. The Kier molecular flexibility index (Phi) is 2.87. The normalized spacial score (nSPS) is 30.3. The van der Waals surface area contributed by atoms with Crippen molar-refractivity contribution in [3.8, 4) is 0 Å². The first kappa shape index (κ1) is 12.7. The van der Waals surface area contributed by atoms with Gasteiger partial charge in [0.2, 0.25) is 0 Å². The minimum Gasteiger partial charge on any atom is -0.461 e. The standard InChI is InChI=1S/C15H24O2/c1-14(2,3)13(16)17-9-10-6-7-11-8-12(10)15(11,4)5/h6,11-12H,7-9H2,1-5H3/t11-,12-/m1/s1. The predicted octanol–water partition coefficient (Wildman–Crippen LogP) is 3.57. The molecule has 17 heavy (non-hydrogen) atoms. The number of carbonyl (C=O) groups excluding carboxylic acids is 1. The number of esters is 1. The summed E-state index contributed by atoms with van der Waals surface area (Å²) >= 11 is 0. The van der Waals surface area contributed by atoms with Crippen molar-refractivity contribution in [3.05, 3.63) is 11.6 Å². The number of carbonyl (C=O) groups is 1. The number of rotatable bonds is 2. The molecule has 2 nitrogen and oxygen atoms in total. The number of hydrogen-bond acceptors (Lipinski definition) is 2. The van der Waals surface area contributed by atoms with Crippen LogP contribution in [-0.2, 0) is 9.53 Å². The van der Waals surface area contributed by atoms with E-state index in [1.165, 1.54) is 12.0 Å². The van der Waals surface area contributed by atoms with Crippen LogP contribution >= 0.6 is 0 Å². The van der Waals surface area contributed by atoms with E-state index in [-0.39, 0.29) is 5.97 Å². The second kappa shape index (κ2) is 3.86. The highest BCUT2D eigenvalue weighted by Crippen LogP contribution is 2.59. The monoisotopic (exact) mass is 236 g/mol. The molecule has 3 rings (SSSR count). The lowest BCUT2D eigenvalue weighted by Crippen LogP contribution is -2.48. The molecule has 2 heteroatoms. The third kappa shape index (κ3) is 2.14. The molecule has 1 saturated carbocycles. The zero-order valence-electron chi connectivity index (χ0n) is 11.7. The summed E-state index contributed by atoms with van der Waals surface area (Å²) in [4.78, 5) is 11.7. The molecule has 0 aromatic carbocycles. The topological polar surface area (TPSA) is 26.3 Å². The summed E-state index contributed by atoms with van der Waals surface area (Å²) in [5.41, 5.74) is 1.36. The molecule has 0 spiro atoms. The third-order valence-corrected chi connectivity index (χ3v) is 4.56. The minimum absolute atomic E-state index is 0.0994. The summed E-state index contributed by atoms with van der Waals surface area (Å²) in [6.07, 6.45) is 4.73. The average Bonchev–Trinajstić information content (AvgIpc) is 2.24. The Morgan fingerprint density at radius 3 is 2.59 bits per heavy atom. The first-order chi connectivity index (χ1) is 7.73. The van der Waals surface area contributed by atoms with Gasteiger partial charge in [0.25, 0.3) is 0 Å². The zero-order chi connectivity index (χ0) is 12.8. The fraction of sp³-hybridized carbons (Fsp3) is 0.800. The first-order valence-electron chi connectivity index (χ1n) is 6.59. The second-order valence-electron chi connectivity index (χ2n) is 7.15. The summed E-state index contributed by atoms with van der Waals surface area (Å²) in [5, 5.41) is 0. The molecular weight excluding hydrogens is 212 g/mol. The Morgan fingerprint density at radius 1 is 1.47 bits per heavy atom. The maximum atomic E-state index is 11.7. The fourth-order valence-electron chi connectivity index (χ4n) is 3.01. The fourth-order valence-corrected chi connectivity index (χ4v) is 3.01. The highest BCUT2D eigenvalue weighted by Gasteiger charge is 2.51. The van der Waals surface area contributed by atoms with E-state index >= 15 is 0 Å². The van der Waals surface area contributed by atoms with Gasteiger partial charge in [-0.1, -0.05) is 19.9 Å².